The van der Waals surface area contributed by atoms with Gasteiger partial charge in [0, 0.05) is 18.7 Å². The van der Waals surface area contributed by atoms with Gasteiger partial charge in [0.15, 0.2) is 11.5 Å². The Labute approximate surface area is 144 Å². The average Bonchev–Trinajstić information content (AvgIpc) is 2.64. The first kappa shape index (κ1) is 18.3. The van der Waals surface area contributed by atoms with Gasteiger partial charge in [0.05, 0.1) is 14.2 Å². The number of hydrogen-bond donors (Lipinski definition) is 2. The molecule has 0 fully saturated rings. The fraction of sp³-hybridized carbons (Fsp3) is 0.222. The van der Waals surface area contributed by atoms with Crippen molar-refractivity contribution in [2.45, 2.75) is 13.1 Å². The van der Waals surface area contributed by atoms with Crippen LogP contribution in [0.1, 0.15) is 11.1 Å². The molecule has 0 atom stereocenters. The molecule has 2 rings (SSSR count). The maximum Gasteiger partial charge on any atom is 0.309 e. The Balaban J connectivity index is 1.87. The van der Waals surface area contributed by atoms with Crippen molar-refractivity contribution in [2.24, 2.45) is 0 Å². The maximum absolute atomic E-state index is 13.5. The van der Waals surface area contributed by atoms with Crippen LogP contribution in [0.25, 0.3) is 0 Å². The first-order valence-corrected chi connectivity index (χ1v) is 7.55. The highest BCUT2D eigenvalue weighted by Crippen LogP contribution is 2.27. The van der Waals surface area contributed by atoms with Gasteiger partial charge in [-0.1, -0.05) is 24.3 Å². The lowest BCUT2D eigenvalue weighted by atomic mass is 10.2. The highest BCUT2D eigenvalue weighted by atomic mass is 19.1. The summed E-state index contributed by atoms with van der Waals surface area (Å²) < 4.78 is 23.8. The fourth-order valence-electron chi connectivity index (χ4n) is 2.15. The number of halogens is 1. The third kappa shape index (κ3) is 4.94. The Morgan fingerprint density at radius 3 is 2.20 bits per heavy atom. The van der Waals surface area contributed by atoms with E-state index in [0.717, 1.165) is 5.56 Å². The number of benzene rings is 2. The lowest BCUT2D eigenvalue weighted by Crippen LogP contribution is -2.39. The Kier molecular flexibility index (Phi) is 6.33. The molecule has 6 nitrogen and oxygen atoms in total. The molecule has 0 radical (unpaired) electrons. The van der Waals surface area contributed by atoms with E-state index in [-0.39, 0.29) is 13.1 Å². The summed E-state index contributed by atoms with van der Waals surface area (Å²) in [4.78, 5) is 23.6. The molecular weight excluding hydrogens is 327 g/mol. The Bertz CT molecular complexity index is 764. The molecular formula is C18H19FN2O4. The van der Waals surface area contributed by atoms with E-state index in [1.54, 1.807) is 30.3 Å². The number of carbonyl (C=O) groups is 2. The molecule has 7 heteroatoms. The van der Waals surface area contributed by atoms with Crippen LogP contribution in [0.5, 0.6) is 11.5 Å². The topological polar surface area (TPSA) is 76.7 Å². The summed E-state index contributed by atoms with van der Waals surface area (Å²) in [5, 5.41) is 4.88. The van der Waals surface area contributed by atoms with Gasteiger partial charge in [-0.15, -0.1) is 0 Å². The van der Waals surface area contributed by atoms with E-state index >= 15 is 0 Å². The van der Waals surface area contributed by atoms with Gasteiger partial charge in [0.1, 0.15) is 5.82 Å². The molecule has 0 aliphatic carbocycles. The largest absolute Gasteiger partial charge is 0.493 e. The summed E-state index contributed by atoms with van der Waals surface area (Å²) in [6.45, 7) is 0.0849. The Hall–Kier alpha value is -3.09. The Morgan fingerprint density at radius 1 is 0.920 bits per heavy atom. The third-order valence-corrected chi connectivity index (χ3v) is 3.50. The molecule has 132 valence electrons. The van der Waals surface area contributed by atoms with Crippen molar-refractivity contribution in [3.63, 3.8) is 0 Å². The van der Waals surface area contributed by atoms with E-state index in [2.05, 4.69) is 10.6 Å². The second kappa shape index (κ2) is 8.68. The molecule has 25 heavy (non-hydrogen) atoms. The van der Waals surface area contributed by atoms with Crippen LogP contribution in [-0.4, -0.2) is 26.0 Å². The van der Waals surface area contributed by atoms with Crippen molar-refractivity contribution >= 4 is 11.8 Å². The average molecular weight is 346 g/mol. The summed E-state index contributed by atoms with van der Waals surface area (Å²) in [5.41, 5.74) is 1.05. The number of hydrogen-bond acceptors (Lipinski definition) is 4. The lowest BCUT2D eigenvalue weighted by molar-refractivity contribution is -0.139. The van der Waals surface area contributed by atoms with Crippen LogP contribution in [0.15, 0.2) is 42.5 Å². The standard InChI is InChI=1S/C18H19FN2O4/c1-24-15-8-7-12(9-16(15)25-2)10-20-17(22)18(23)21-11-13-5-3-4-6-14(13)19/h3-9H,10-11H2,1-2H3,(H,20,22)(H,21,23). The predicted octanol–water partition coefficient (Wildman–Crippen LogP) is 1.78. The molecule has 0 saturated carbocycles. The molecule has 0 spiro atoms. The van der Waals surface area contributed by atoms with Gasteiger partial charge in [0.2, 0.25) is 0 Å². The molecule has 0 aromatic heterocycles. The molecule has 0 unspecified atom stereocenters. The van der Waals surface area contributed by atoms with Gasteiger partial charge in [-0.05, 0) is 23.8 Å². The van der Waals surface area contributed by atoms with Crippen molar-refractivity contribution < 1.29 is 23.5 Å². The van der Waals surface area contributed by atoms with Crippen molar-refractivity contribution in [3.8, 4) is 11.5 Å². The van der Waals surface area contributed by atoms with E-state index in [4.69, 9.17) is 9.47 Å². The number of ether oxygens (including phenoxy) is 2. The van der Waals surface area contributed by atoms with Crippen LogP contribution in [0.4, 0.5) is 4.39 Å². The number of carbonyl (C=O) groups excluding carboxylic acids is 2. The van der Waals surface area contributed by atoms with E-state index in [1.165, 1.54) is 26.4 Å². The Morgan fingerprint density at radius 2 is 1.56 bits per heavy atom. The van der Waals surface area contributed by atoms with Crippen molar-refractivity contribution in [1.82, 2.24) is 10.6 Å². The molecule has 2 amide bonds. The van der Waals surface area contributed by atoms with Gasteiger partial charge in [-0.3, -0.25) is 9.59 Å². The second-order valence-electron chi connectivity index (χ2n) is 5.15. The smallest absolute Gasteiger partial charge is 0.309 e. The van der Waals surface area contributed by atoms with Crippen molar-refractivity contribution in [3.05, 3.63) is 59.4 Å². The van der Waals surface area contributed by atoms with E-state index in [0.29, 0.717) is 17.1 Å². The highest BCUT2D eigenvalue weighted by molar-refractivity contribution is 6.35. The zero-order valence-corrected chi connectivity index (χ0v) is 14.0. The highest BCUT2D eigenvalue weighted by Gasteiger charge is 2.14. The predicted molar refractivity (Wildman–Crippen MR) is 89.6 cm³/mol. The molecule has 0 aliphatic heterocycles. The van der Waals surface area contributed by atoms with E-state index in [9.17, 15) is 14.0 Å². The van der Waals surface area contributed by atoms with Gasteiger partial charge < -0.3 is 20.1 Å². The van der Waals surface area contributed by atoms with Crippen LogP contribution in [-0.2, 0) is 22.7 Å². The second-order valence-corrected chi connectivity index (χ2v) is 5.15. The molecule has 0 aliphatic rings. The zero-order valence-electron chi connectivity index (χ0n) is 14.0. The van der Waals surface area contributed by atoms with Crippen molar-refractivity contribution in [2.75, 3.05) is 14.2 Å². The van der Waals surface area contributed by atoms with Crippen LogP contribution in [0.3, 0.4) is 0 Å². The lowest BCUT2D eigenvalue weighted by Gasteiger charge is -2.10. The van der Waals surface area contributed by atoms with Gasteiger partial charge >= 0.3 is 11.8 Å². The number of nitrogens with one attached hydrogen (secondary N) is 2. The third-order valence-electron chi connectivity index (χ3n) is 3.50. The van der Waals surface area contributed by atoms with E-state index < -0.39 is 17.6 Å². The summed E-state index contributed by atoms with van der Waals surface area (Å²) in [6, 6.07) is 11.2. The summed E-state index contributed by atoms with van der Waals surface area (Å²) in [6.07, 6.45) is 0. The van der Waals surface area contributed by atoms with Crippen LogP contribution in [0.2, 0.25) is 0 Å². The SMILES string of the molecule is COc1ccc(CNC(=O)C(=O)NCc2ccccc2F)cc1OC. The first-order valence-electron chi connectivity index (χ1n) is 7.55. The minimum absolute atomic E-state index is 0.0602. The molecule has 2 aromatic carbocycles. The minimum atomic E-state index is -0.830. The van der Waals surface area contributed by atoms with Crippen LogP contribution < -0.4 is 20.1 Å². The molecule has 2 N–H and O–H groups in total. The monoisotopic (exact) mass is 346 g/mol. The number of amides is 2. The first-order chi connectivity index (χ1) is 12.0. The molecule has 2 aromatic rings. The molecule has 0 bridgehead atoms. The van der Waals surface area contributed by atoms with Gasteiger partial charge in [-0.25, -0.2) is 4.39 Å². The summed E-state index contributed by atoms with van der Waals surface area (Å²) >= 11 is 0. The number of rotatable bonds is 6. The van der Waals surface area contributed by atoms with Gasteiger partial charge in [0.25, 0.3) is 0 Å². The van der Waals surface area contributed by atoms with Crippen molar-refractivity contribution in [1.29, 1.82) is 0 Å². The summed E-state index contributed by atoms with van der Waals surface area (Å²) in [5.74, 6) is -0.971. The zero-order chi connectivity index (χ0) is 18.2. The quantitative estimate of drug-likeness (QED) is 0.782. The molecule has 0 heterocycles. The minimum Gasteiger partial charge on any atom is -0.493 e. The van der Waals surface area contributed by atoms with E-state index in [1.807, 2.05) is 0 Å². The normalized spacial score (nSPS) is 10.0. The summed E-state index contributed by atoms with van der Waals surface area (Å²) in [7, 11) is 3.04. The maximum atomic E-state index is 13.5. The molecule has 0 saturated heterocycles. The number of methoxy groups -OCH3 is 2. The fourth-order valence-corrected chi connectivity index (χ4v) is 2.15. The van der Waals surface area contributed by atoms with Gasteiger partial charge in [-0.2, -0.15) is 0 Å². The van der Waals surface area contributed by atoms with Crippen LogP contribution in [0, 0.1) is 5.82 Å². The van der Waals surface area contributed by atoms with Crippen LogP contribution >= 0.6 is 0 Å².